The molecule has 3 heterocycles. The lowest BCUT2D eigenvalue weighted by molar-refractivity contribution is 0.331. The fourth-order valence-electron chi connectivity index (χ4n) is 17.4. The Hall–Kier alpha value is -5.06. The molecule has 82 heavy (non-hydrogen) atoms. The van der Waals surface area contributed by atoms with E-state index in [1.807, 2.05) is 0 Å². The smallest absolute Gasteiger partial charge is 0.343 e. The van der Waals surface area contributed by atoms with Crippen molar-refractivity contribution in [1.29, 1.82) is 0 Å². The Morgan fingerprint density at radius 3 is 1.41 bits per heavy atom. The summed E-state index contributed by atoms with van der Waals surface area (Å²) in [6, 6.07) is 34.6. The summed E-state index contributed by atoms with van der Waals surface area (Å²) in [5.41, 5.74) is 32.1. The van der Waals surface area contributed by atoms with E-state index in [9.17, 15) is 0 Å². The molecule has 0 spiro atoms. The van der Waals surface area contributed by atoms with Gasteiger partial charge in [-0.25, -0.2) is 0 Å². The number of anilines is 5. The number of benzene rings is 6. The predicted molar refractivity (Wildman–Crippen MR) is 358 cm³/mol. The van der Waals surface area contributed by atoms with Crippen LogP contribution < -0.4 is 20.0 Å². The fraction of sp³-hybridized carbons (Fsp3) is 0.513. The number of aryl methyl sites for hydroxylation is 1. The van der Waals surface area contributed by atoms with Crippen LogP contribution in [0.4, 0.5) is 28.4 Å². The van der Waals surface area contributed by atoms with E-state index in [1.54, 1.807) is 16.7 Å². The number of hydrogen-bond donors (Lipinski definition) is 0. The van der Waals surface area contributed by atoms with Gasteiger partial charge in [0.1, 0.15) is 0 Å². The highest BCUT2D eigenvalue weighted by Gasteiger charge is 2.52. The molecule has 0 N–H and O–H groups in total. The summed E-state index contributed by atoms with van der Waals surface area (Å²) in [6.45, 7) is 54.9. The van der Waals surface area contributed by atoms with Gasteiger partial charge >= 0.3 is 6.85 Å². The second-order valence-corrected chi connectivity index (χ2v) is 35.6. The van der Waals surface area contributed by atoms with Crippen molar-refractivity contribution >= 4 is 66.9 Å². The van der Waals surface area contributed by atoms with Gasteiger partial charge in [-0.3, -0.25) is 0 Å². The van der Waals surface area contributed by atoms with Crippen LogP contribution >= 0.6 is 11.3 Å². The topological polar surface area (TPSA) is 6.48 Å². The van der Waals surface area contributed by atoms with Crippen molar-refractivity contribution in [3.05, 3.63) is 146 Å². The van der Waals surface area contributed by atoms with Gasteiger partial charge in [-0.1, -0.05) is 170 Å². The predicted octanol–water partition coefficient (Wildman–Crippen LogP) is 20.9. The highest BCUT2D eigenvalue weighted by atomic mass is 32.1. The van der Waals surface area contributed by atoms with Crippen LogP contribution in [0, 0.1) is 6.92 Å². The van der Waals surface area contributed by atoms with Gasteiger partial charge in [-0.05, 0) is 251 Å². The van der Waals surface area contributed by atoms with Crippen molar-refractivity contribution in [3.8, 4) is 22.3 Å². The monoisotopic (exact) mass is 1100 g/mol. The molecule has 0 saturated carbocycles. The molecule has 0 unspecified atom stereocenters. The third-order valence-corrected chi connectivity index (χ3v) is 25.0. The van der Waals surface area contributed by atoms with Crippen molar-refractivity contribution in [3.63, 3.8) is 0 Å². The minimum atomic E-state index is -0.191. The Balaban J connectivity index is 1.15. The first-order valence-electron chi connectivity index (χ1n) is 32.0. The maximum atomic E-state index is 2.90. The van der Waals surface area contributed by atoms with Crippen LogP contribution in [0.25, 0.3) is 32.3 Å². The van der Waals surface area contributed by atoms with Gasteiger partial charge in [-0.15, -0.1) is 11.3 Å². The van der Waals surface area contributed by atoms with Gasteiger partial charge in [0.15, 0.2) is 0 Å². The number of fused-ring (bicyclic) bond motifs is 13. The molecule has 7 aromatic rings. The van der Waals surface area contributed by atoms with Crippen molar-refractivity contribution < 1.29 is 0 Å². The molecule has 426 valence electrons. The van der Waals surface area contributed by atoms with Gasteiger partial charge in [-0.2, -0.15) is 0 Å². The fourth-order valence-corrected chi connectivity index (χ4v) is 18.8. The van der Waals surface area contributed by atoms with E-state index < -0.39 is 0 Å². The average Bonchev–Trinajstić information content (AvgIpc) is 1.46. The summed E-state index contributed by atoms with van der Waals surface area (Å²) in [5.74, 6) is 0. The Kier molecular flexibility index (Phi) is 11.0. The first-order chi connectivity index (χ1) is 37.9. The molecule has 14 rings (SSSR count). The molecular weight excluding hydrogens is 1010 g/mol. The largest absolute Gasteiger partial charge is 0.376 e. The number of nitrogens with zero attached hydrogens (tertiary/aromatic N) is 2. The van der Waals surface area contributed by atoms with E-state index in [4.69, 9.17) is 0 Å². The first kappa shape index (κ1) is 54.9. The third kappa shape index (κ3) is 7.49. The number of rotatable bonds is 2. The summed E-state index contributed by atoms with van der Waals surface area (Å²) >= 11 is 2.10. The Morgan fingerprint density at radius 2 is 0.854 bits per heavy atom. The summed E-state index contributed by atoms with van der Waals surface area (Å²) in [4.78, 5) is 5.75. The summed E-state index contributed by atoms with van der Waals surface area (Å²) in [6.07, 6.45) is 9.55. The molecule has 0 fully saturated rings. The summed E-state index contributed by atoms with van der Waals surface area (Å²) < 4.78 is 2.88. The normalized spacial score (nSPS) is 22.4. The molecular formula is C78H95BN2S. The first-order valence-corrected chi connectivity index (χ1v) is 32.8. The van der Waals surface area contributed by atoms with Crippen LogP contribution in [-0.4, -0.2) is 6.85 Å². The van der Waals surface area contributed by atoms with Crippen LogP contribution in [-0.2, 0) is 54.1 Å². The molecule has 1 aromatic heterocycles. The van der Waals surface area contributed by atoms with Gasteiger partial charge in [0.2, 0.25) is 0 Å². The number of hydrogen-bond acceptors (Lipinski definition) is 3. The third-order valence-electron chi connectivity index (χ3n) is 23.8. The molecule has 0 amide bonds. The molecule has 7 aliphatic rings. The second-order valence-electron chi connectivity index (χ2n) is 34.5. The molecule has 0 atom stereocenters. The maximum absolute atomic E-state index is 2.90. The van der Waals surface area contributed by atoms with E-state index in [0.717, 1.165) is 0 Å². The highest BCUT2D eigenvalue weighted by molar-refractivity contribution is 7.32. The number of thiophene rings is 1. The maximum Gasteiger partial charge on any atom is 0.343 e. The van der Waals surface area contributed by atoms with Crippen LogP contribution in [0.1, 0.15) is 264 Å². The van der Waals surface area contributed by atoms with Gasteiger partial charge in [0, 0.05) is 48.6 Å². The molecule has 0 bridgehead atoms. The zero-order chi connectivity index (χ0) is 58.7. The molecule has 2 nitrogen and oxygen atoms in total. The van der Waals surface area contributed by atoms with Crippen LogP contribution in [0.15, 0.2) is 78.9 Å². The quantitative estimate of drug-likeness (QED) is 0.159. The Bertz CT molecular complexity index is 3980. The summed E-state index contributed by atoms with van der Waals surface area (Å²) in [5, 5.41) is 1.41. The molecule has 0 radical (unpaired) electrons. The lowest BCUT2D eigenvalue weighted by atomic mass is 9.46. The Labute approximate surface area is 499 Å². The van der Waals surface area contributed by atoms with Crippen molar-refractivity contribution in [2.75, 3.05) is 9.71 Å². The molecule has 2 aliphatic heterocycles. The standard InChI is InChI=1S/C78H95BN2S/c1-44-33-55-60(76(17,18)31-27-71(55,7)8)42-62(44)80-64-35-45(69(2,3)4)34-50-49-38-53-48(47-37-57-59(41-54(47)78(53,21)22)75(15,16)30-28-73(57,11)12)40-63(49)81(46-23-24-52-56(36-46)72(9,10)26-25-70(52,5)6)79(66(50)64)68-67(80)51-39-58-61(43-65(51)82-68)77(19,20)32-29-74(58,13)14/h23-24,33-43H,25-32H2,1-22H3. The van der Waals surface area contributed by atoms with E-state index in [-0.39, 0.29) is 61.0 Å². The van der Waals surface area contributed by atoms with Gasteiger partial charge < -0.3 is 9.71 Å². The van der Waals surface area contributed by atoms with Crippen LogP contribution in [0.3, 0.4) is 0 Å². The molecule has 6 aromatic carbocycles. The molecule has 5 aliphatic carbocycles. The van der Waals surface area contributed by atoms with Crippen molar-refractivity contribution in [1.82, 2.24) is 0 Å². The zero-order valence-corrected chi connectivity index (χ0v) is 55.4. The molecule has 4 heteroatoms. The van der Waals surface area contributed by atoms with Gasteiger partial charge in [0.05, 0.1) is 5.69 Å². The van der Waals surface area contributed by atoms with E-state index >= 15 is 0 Å². The minimum absolute atomic E-state index is 0.0435. The summed E-state index contributed by atoms with van der Waals surface area (Å²) in [7, 11) is 0. The van der Waals surface area contributed by atoms with Crippen LogP contribution in [0.2, 0.25) is 0 Å². The SMILES string of the molecule is Cc1cc2c(cc1N1c3cc(C(C)(C)C)cc4c3B(c3sc5cc6c(cc5c31)C(C)(C)CCC6(C)C)N(c1ccc3c(c1)C(C)(C)CCC3(C)C)c1cc3c(cc1-4)C(C)(C)c1cc4c(cc1-3)C(C)(C)CCC4(C)C)C(C)(C)CCC2(C)C. The zero-order valence-electron chi connectivity index (χ0n) is 54.5. The van der Waals surface area contributed by atoms with Gasteiger partial charge in [0.25, 0.3) is 0 Å². The van der Waals surface area contributed by atoms with E-state index in [2.05, 4.69) is 252 Å². The highest BCUT2D eigenvalue weighted by Crippen LogP contribution is 2.61. The van der Waals surface area contributed by atoms with Crippen molar-refractivity contribution in [2.24, 2.45) is 0 Å². The minimum Gasteiger partial charge on any atom is -0.376 e. The molecule has 0 saturated heterocycles. The lowest BCUT2D eigenvalue weighted by Gasteiger charge is -2.47. The van der Waals surface area contributed by atoms with E-state index in [0.29, 0.717) is 0 Å². The van der Waals surface area contributed by atoms with Crippen molar-refractivity contribution in [2.45, 2.75) is 258 Å². The average molecular weight is 1100 g/mol. The lowest BCUT2D eigenvalue weighted by Crippen LogP contribution is -2.61. The van der Waals surface area contributed by atoms with Crippen LogP contribution in [0.5, 0.6) is 0 Å². The van der Waals surface area contributed by atoms with E-state index in [1.165, 1.54) is 172 Å². The second kappa shape index (κ2) is 16.5. The Morgan fingerprint density at radius 1 is 0.402 bits per heavy atom.